The van der Waals surface area contributed by atoms with Crippen molar-refractivity contribution in [3.8, 4) is 5.75 Å². The summed E-state index contributed by atoms with van der Waals surface area (Å²) in [4.78, 5) is 12.2. The van der Waals surface area contributed by atoms with Gasteiger partial charge < -0.3 is 10.1 Å². The highest BCUT2D eigenvalue weighted by Crippen LogP contribution is 2.26. The number of benzene rings is 2. The summed E-state index contributed by atoms with van der Waals surface area (Å²) in [5, 5.41) is 6.07. The minimum Gasteiger partial charge on any atom is -0.484 e. The number of amides is 1. The quantitative estimate of drug-likeness (QED) is 0.641. The van der Waals surface area contributed by atoms with Crippen LogP contribution >= 0.6 is 12.2 Å². The third kappa shape index (κ3) is 6.34. The number of carbonyl (C=O) groups is 1. The number of para-hydroxylation sites is 1. The molecule has 0 saturated carbocycles. The van der Waals surface area contributed by atoms with Gasteiger partial charge in [0.05, 0.1) is 0 Å². The van der Waals surface area contributed by atoms with Crippen molar-refractivity contribution >= 4 is 28.9 Å². The topological polar surface area (TPSA) is 50.4 Å². The number of hydrogen-bond donors (Lipinski definition) is 2. The Kier molecular flexibility index (Phi) is 7.58. The van der Waals surface area contributed by atoms with Gasteiger partial charge >= 0.3 is 0 Å². The van der Waals surface area contributed by atoms with Crippen molar-refractivity contribution in [3.63, 3.8) is 0 Å². The monoisotopic (exact) mass is 398 g/mol. The van der Waals surface area contributed by atoms with Crippen molar-refractivity contribution in [3.05, 3.63) is 59.7 Å². The molecule has 4 nitrogen and oxygen atoms in total. The second-order valence-corrected chi connectivity index (χ2v) is 8.37. The lowest BCUT2D eigenvalue weighted by atomic mass is 9.87. The smallest absolute Gasteiger partial charge is 0.264 e. The molecule has 5 heteroatoms. The molecule has 1 amide bonds. The van der Waals surface area contributed by atoms with Gasteiger partial charge in [0.1, 0.15) is 5.75 Å². The highest BCUT2D eigenvalue weighted by molar-refractivity contribution is 7.80. The van der Waals surface area contributed by atoms with Gasteiger partial charge in [-0.15, -0.1) is 0 Å². The summed E-state index contributed by atoms with van der Waals surface area (Å²) in [7, 11) is 0. The summed E-state index contributed by atoms with van der Waals surface area (Å²) >= 11 is 5.28. The van der Waals surface area contributed by atoms with Crippen molar-refractivity contribution in [2.24, 2.45) is 0 Å². The molecule has 0 fully saturated rings. The summed E-state index contributed by atoms with van der Waals surface area (Å²) in [6, 6.07) is 15.8. The number of anilines is 1. The first kappa shape index (κ1) is 21.9. The number of rotatable bonds is 6. The second-order valence-electron chi connectivity index (χ2n) is 7.96. The predicted octanol–water partition coefficient (Wildman–Crippen LogP) is 5.39. The van der Waals surface area contributed by atoms with Gasteiger partial charge in [0.2, 0.25) is 0 Å². The fourth-order valence-electron chi connectivity index (χ4n) is 2.78. The molecule has 0 aromatic heterocycles. The number of ether oxygens (including phenoxy) is 1. The fourth-order valence-corrected chi connectivity index (χ4v) is 3.00. The van der Waals surface area contributed by atoms with Crippen LogP contribution in [0.1, 0.15) is 58.1 Å². The van der Waals surface area contributed by atoms with Crippen LogP contribution in [0.3, 0.4) is 0 Å². The molecule has 0 saturated heterocycles. The van der Waals surface area contributed by atoms with E-state index in [1.165, 1.54) is 11.1 Å². The molecule has 2 rings (SSSR count). The molecule has 1 atom stereocenters. The number of nitrogens with one attached hydrogen (secondary N) is 2. The van der Waals surface area contributed by atoms with E-state index in [1.807, 2.05) is 42.5 Å². The zero-order valence-corrected chi connectivity index (χ0v) is 18.2. The van der Waals surface area contributed by atoms with Gasteiger partial charge in [-0.25, -0.2) is 0 Å². The highest BCUT2D eigenvalue weighted by Gasteiger charge is 2.14. The van der Waals surface area contributed by atoms with Crippen LogP contribution < -0.4 is 15.4 Å². The van der Waals surface area contributed by atoms with Gasteiger partial charge in [0.15, 0.2) is 11.7 Å². The standard InChI is InChI=1S/C23H30N2O2S/c1-6-16(2)19-9-7-8-10-20(19)24-22(28)25-21(26)15-27-18-13-11-17(12-14-18)23(3,4)5/h7-14,16H,6,15H2,1-5H3,(H2,24,25,26,28)/t16-/m0/s1. The van der Waals surface area contributed by atoms with Crippen molar-refractivity contribution in [2.75, 3.05) is 11.9 Å². The zero-order chi connectivity index (χ0) is 20.7. The lowest BCUT2D eigenvalue weighted by Gasteiger charge is -2.19. The first-order valence-electron chi connectivity index (χ1n) is 9.63. The van der Waals surface area contributed by atoms with E-state index in [4.69, 9.17) is 17.0 Å². The SMILES string of the molecule is CC[C@H](C)c1ccccc1NC(=S)NC(=O)COc1ccc(C(C)(C)C)cc1. The Labute approximate surface area is 173 Å². The average Bonchev–Trinajstić information content (AvgIpc) is 2.65. The van der Waals surface area contributed by atoms with Gasteiger partial charge in [0, 0.05) is 5.69 Å². The maximum Gasteiger partial charge on any atom is 0.264 e. The lowest BCUT2D eigenvalue weighted by Crippen LogP contribution is -2.37. The van der Waals surface area contributed by atoms with E-state index in [0.717, 1.165) is 12.1 Å². The Morgan fingerprint density at radius 3 is 2.36 bits per heavy atom. The molecule has 0 aliphatic rings. The van der Waals surface area contributed by atoms with Gasteiger partial charge in [0.25, 0.3) is 5.91 Å². The summed E-state index contributed by atoms with van der Waals surface area (Å²) in [6.07, 6.45) is 1.03. The van der Waals surface area contributed by atoms with Crippen molar-refractivity contribution in [2.45, 2.75) is 52.4 Å². The van der Waals surface area contributed by atoms with Gasteiger partial charge in [-0.05, 0) is 59.3 Å². The highest BCUT2D eigenvalue weighted by atomic mass is 32.1. The van der Waals surface area contributed by atoms with Crippen molar-refractivity contribution in [1.29, 1.82) is 0 Å². The van der Waals surface area contributed by atoms with Crippen LogP contribution in [0.25, 0.3) is 0 Å². The van der Waals surface area contributed by atoms with E-state index >= 15 is 0 Å². The fraction of sp³-hybridized carbons (Fsp3) is 0.391. The third-order valence-electron chi connectivity index (χ3n) is 4.70. The lowest BCUT2D eigenvalue weighted by molar-refractivity contribution is -0.121. The third-order valence-corrected chi connectivity index (χ3v) is 4.90. The first-order valence-corrected chi connectivity index (χ1v) is 10.0. The molecule has 0 heterocycles. The minimum absolute atomic E-state index is 0.0827. The largest absolute Gasteiger partial charge is 0.484 e. The van der Waals surface area contributed by atoms with Crippen LogP contribution in [-0.4, -0.2) is 17.6 Å². The van der Waals surface area contributed by atoms with E-state index in [2.05, 4.69) is 51.3 Å². The Morgan fingerprint density at radius 2 is 1.75 bits per heavy atom. The van der Waals surface area contributed by atoms with E-state index in [1.54, 1.807) is 0 Å². The maximum absolute atomic E-state index is 12.2. The van der Waals surface area contributed by atoms with Crippen molar-refractivity contribution < 1.29 is 9.53 Å². The molecule has 2 aromatic rings. The molecular formula is C23H30N2O2S. The normalized spacial score (nSPS) is 12.2. The van der Waals surface area contributed by atoms with Gasteiger partial charge in [-0.1, -0.05) is 65.0 Å². The number of carbonyl (C=O) groups excluding carboxylic acids is 1. The van der Waals surface area contributed by atoms with E-state index in [9.17, 15) is 4.79 Å². The van der Waals surface area contributed by atoms with Crippen LogP contribution in [0.4, 0.5) is 5.69 Å². The minimum atomic E-state index is -0.293. The molecule has 0 radical (unpaired) electrons. The Balaban J connectivity index is 1.87. The zero-order valence-electron chi connectivity index (χ0n) is 17.3. The van der Waals surface area contributed by atoms with E-state index in [-0.39, 0.29) is 23.0 Å². The Bertz CT molecular complexity index is 810. The van der Waals surface area contributed by atoms with E-state index < -0.39 is 0 Å². The van der Waals surface area contributed by atoms with Crippen LogP contribution in [-0.2, 0) is 10.2 Å². The average molecular weight is 399 g/mol. The van der Waals surface area contributed by atoms with Crippen LogP contribution in [0.2, 0.25) is 0 Å². The second kappa shape index (κ2) is 9.69. The van der Waals surface area contributed by atoms with E-state index in [0.29, 0.717) is 11.7 Å². The summed E-state index contributed by atoms with van der Waals surface area (Å²) in [6.45, 7) is 10.7. The molecule has 0 spiro atoms. The molecule has 2 N–H and O–H groups in total. The summed E-state index contributed by atoms with van der Waals surface area (Å²) in [5.74, 6) is 0.768. The summed E-state index contributed by atoms with van der Waals surface area (Å²) < 4.78 is 5.57. The maximum atomic E-state index is 12.2. The number of hydrogen-bond acceptors (Lipinski definition) is 3. The van der Waals surface area contributed by atoms with Gasteiger partial charge in [-0.2, -0.15) is 0 Å². The molecule has 0 aliphatic carbocycles. The van der Waals surface area contributed by atoms with Crippen molar-refractivity contribution in [1.82, 2.24) is 5.32 Å². The Hall–Kier alpha value is -2.40. The van der Waals surface area contributed by atoms with Gasteiger partial charge in [-0.3, -0.25) is 10.1 Å². The molecule has 150 valence electrons. The molecule has 2 aromatic carbocycles. The number of thiocarbonyl (C=S) groups is 1. The summed E-state index contributed by atoms with van der Waals surface area (Å²) in [5.41, 5.74) is 3.39. The molecular weight excluding hydrogens is 368 g/mol. The predicted molar refractivity (Wildman–Crippen MR) is 120 cm³/mol. The molecule has 0 unspecified atom stereocenters. The van der Waals surface area contributed by atoms with Crippen LogP contribution in [0.15, 0.2) is 48.5 Å². The van der Waals surface area contributed by atoms with Crippen LogP contribution in [0, 0.1) is 0 Å². The molecule has 28 heavy (non-hydrogen) atoms. The Morgan fingerprint density at radius 1 is 1.11 bits per heavy atom. The first-order chi connectivity index (χ1) is 13.2. The molecule has 0 bridgehead atoms. The van der Waals surface area contributed by atoms with Crippen LogP contribution in [0.5, 0.6) is 5.75 Å². The molecule has 0 aliphatic heterocycles.